The van der Waals surface area contributed by atoms with Crippen LogP contribution in [0.1, 0.15) is 26.3 Å². The SMILES string of the molecule is Cc1cccc(NC(=O)OC(C)(C)C)c1F. The van der Waals surface area contributed by atoms with Crippen molar-refractivity contribution in [2.45, 2.75) is 33.3 Å². The molecule has 0 aromatic heterocycles. The zero-order valence-corrected chi connectivity index (χ0v) is 9.93. The van der Waals surface area contributed by atoms with Crippen molar-refractivity contribution in [2.75, 3.05) is 5.32 Å². The van der Waals surface area contributed by atoms with E-state index in [2.05, 4.69) is 5.32 Å². The molecule has 0 atom stereocenters. The largest absolute Gasteiger partial charge is 0.444 e. The number of anilines is 1. The summed E-state index contributed by atoms with van der Waals surface area (Å²) in [4.78, 5) is 11.4. The summed E-state index contributed by atoms with van der Waals surface area (Å²) in [6, 6.07) is 4.80. The van der Waals surface area contributed by atoms with E-state index in [4.69, 9.17) is 4.74 Å². The summed E-state index contributed by atoms with van der Waals surface area (Å²) in [7, 11) is 0. The Labute approximate surface area is 94.6 Å². The predicted octanol–water partition coefficient (Wildman–Crippen LogP) is 3.48. The molecule has 1 amide bonds. The highest BCUT2D eigenvalue weighted by molar-refractivity contribution is 5.85. The normalized spacial score (nSPS) is 11.1. The highest BCUT2D eigenvalue weighted by atomic mass is 19.1. The Balaban J connectivity index is 2.74. The van der Waals surface area contributed by atoms with Crippen LogP contribution >= 0.6 is 0 Å². The van der Waals surface area contributed by atoms with E-state index in [0.717, 1.165) is 0 Å². The zero-order chi connectivity index (χ0) is 12.3. The fraction of sp³-hybridized carbons (Fsp3) is 0.417. The first-order chi connectivity index (χ1) is 7.29. The molecule has 1 aromatic rings. The summed E-state index contributed by atoms with van der Waals surface area (Å²) >= 11 is 0. The number of nitrogens with one attached hydrogen (secondary N) is 1. The highest BCUT2D eigenvalue weighted by Crippen LogP contribution is 2.18. The third-order valence-electron chi connectivity index (χ3n) is 1.83. The van der Waals surface area contributed by atoms with Gasteiger partial charge < -0.3 is 4.74 Å². The van der Waals surface area contributed by atoms with Gasteiger partial charge in [-0.2, -0.15) is 0 Å². The maximum atomic E-state index is 13.5. The predicted molar refractivity (Wildman–Crippen MR) is 61.0 cm³/mol. The third kappa shape index (κ3) is 3.53. The molecule has 3 nitrogen and oxygen atoms in total. The minimum atomic E-state index is -0.656. The van der Waals surface area contributed by atoms with Gasteiger partial charge in [-0.1, -0.05) is 12.1 Å². The van der Waals surface area contributed by atoms with Crippen LogP contribution in [0.3, 0.4) is 0 Å². The van der Waals surface area contributed by atoms with E-state index in [1.807, 2.05) is 0 Å². The Kier molecular flexibility index (Phi) is 3.52. The smallest absolute Gasteiger partial charge is 0.412 e. The van der Waals surface area contributed by atoms with Gasteiger partial charge in [0, 0.05) is 0 Å². The molecule has 0 aliphatic rings. The van der Waals surface area contributed by atoms with Gasteiger partial charge in [0.25, 0.3) is 0 Å². The van der Waals surface area contributed by atoms with Crippen LogP contribution in [0.25, 0.3) is 0 Å². The summed E-state index contributed by atoms with van der Waals surface area (Å²) in [5, 5.41) is 2.37. The summed E-state index contributed by atoms with van der Waals surface area (Å²) < 4.78 is 18.5. The Morgan fingerprint density at radius 1 is 1.38 bits per heavy atom. The molecule has 4 heteroatoms. The molecule has 1 N–H and O–H groups in total. The molecular formula is C12H16FNO2. The highest BCUT2D eigenvalue weighted by Gasteiger charge is 2.17. The van der Waals surface area contributed by atoms with Gasteiger partial charge in [-0.3, -0.25) is 5.32 Å². The average Bonchev–Trinajstić information content (AvgIpc) is 2.09. The number of hydrogen-bond donors (Lipinski definition) is 1. The van der Waals surface area contributed by atoms with Crippen molar-refractivity contribution in [1.82, 2.24) is 0 Å². The van der Waals surface area contributed by atoms with Crippen LogP contribution < -0.4 is 5.32 Å². The van der Waals surface area contributed by atoms with Gasteiger partial charge in [0.15, 0.2) is 0 Å². The number of ether oxygens (including phenoxy) is 1. The molecule has 88 valence electrons. The van der Waals surface area contributed by atoms with Gasteiger partial charge in [-0.15, -0.1) is 0 Å². The van der Waals surface area contributed by atoms with E-state index in [9.17, 15) is 9.18 Å². The molecule has 0 saturated heterocycles. The minimum absolute atomic E-state index is 0.134. The fourth-order valence-electron chi connectivity index (χ4n) is 1.16. The Morgan fingerprint density at radius 3 is 2.56 bits per heavy atom. The van der Waals surface area contributed by atoms with Gasteiger partial charge in [0.2, 0.25) is 0 Å². The van der Waals surface area contributed by atoms with Crippen LogP contribution in [0.5, 0.6) is 0 Å². The van der Waals surface area contributed by atoms with Crippen LogP contribution in [0.15, 0.2) is 18.2 Å². The fourth-order valence-corrected chi connectivity index (χ4v) is 1.16. The number of rotatable bonds is 1. The van der Waals surface area contributed by atoms with Crippen LogP contribution in [0.2, 0.25) is 0 Å². The van der Waals surface area contributed by atoms with Crippen molar-refractivity contribution in [3.8, 4) is 0 Å². The lowest BCUT2D eigenvalue weighted by Gasteiger charge is -2.19. The number of carbonyl (C=O) groups excluding carboxylic acids is 1. The third-order valence-corrected chi connectivity index (χ3v) is 1.83. The summed E-state index contributed by atoms with van der Waals surface area (Å²) in [5.74, 6) is -0.437. The number of benzene rings is 1. The van der Waals surface area contributed by atoms with E-state index in [0.29, 0.717) is 5.56 Å². The zero-order valence-electron chi connectivity index (χ0n) is 9.93. The summed E-state index contributed by atoms with van der Waals surface area (Å²) in [6.07, 6.45) is -0.656. The first kappa shape index (κ1) is 12.5. The second-order valence-corrected chi connectivity index (χ2v) is 4.56. The number of amides is 1. The lowest BCUT2D eigenvalue weighted by molar-refractivity contribution is 0.0635. The van der Waals surface area contributed by atoms with E-state index in [-0.39, 0.29) is 5.69 Å². The number of carbonyl (C=O) groups is 1. The maximum absolute atomic E-state index is 13.5. The Hall–Kier alpha value is -1.58. The van der Waals surface area contributed by atoms with Crippen molar-refractivity contribution < 1.29 is 13.9 Å². The van der Waals surface area contributed by atoms with Crippen LogP contribution in [-0.4, -0.2) is 11.7 Å². The van der Waals surface area contributed by atoms with Gasteiger partial charge in [0.1, 0.15) is 11.4 Å². The lowest BCUT2D eigenvalue weighted by Crippen LogP contribution is -2.27. The van der Waals surface area contributed by atoms with Crippen molar-refractivity contribution in [2.24, 2.45) is 0 Å². The molecule has 0 fully saturated rings. The molecule has 16 heavy (non-hydrogen) atoms. The van der Waals surface area contributed by atoms with Crippen LogP contribution in [-0.2, 0) is 4.74 Å². The van der Waals surface area contributed by atoms with E-state index in [1.165, 1.54) is 6.07 Å². The summed E-state index contributed by atoms with van der Waals surface area (Å²) in [6.45, 7) is 6.88. The number of halogens is 1. The molecule has 0 bridgehead atoms. The summed E-state index contributed by atoms with van der Waals surface area (Å²) in [5.41, 5.74) is 0.0208. The van der Waals surface area contributed by atoms with Gasteiger partial charge in [-0.05, 0) is 39.3 Å². The quantitative estimate of drug-likeness (QED) is 0.794. The molecule has 0 aliphatic heterocycles. The standard InChI is InChI=1S/C12H16FNO2/c1-8-6-5-7-9(10(8)13)14-11(15)16-12(2,3)4/h5-7H,1-4H3,(H,14,15). The molecule has 0 heterocycles. The molecule has 0 spiro atoms. The molecule has 0 aliphatic carbocycles. The van der Waals surface area contributed by atoms with E-state index >= 15 is 0 Å². The lowest BCUT2D eigenvalue weighted by atomic mass is 10.2. The second-order valence-electron chi connectivity index (χ2n) is 4.56. The van der Waals surface area contributed by atoms with Crippen molar-refractivity contribution in [1.29, 1.82) is 0 Å². The van der Waals surface area contributed by atoms with Crippen LogP contribution in [0.4, 0.5) is 14.9 Å². The minimum Gasteiger partial charge on any atom is -0.444 e. The Bertz CT molecular complexity index is 396. The molecule has 1 rings (SSSR count). The molecule has 1 aromatic carbocycles. The molecule has 0 radical (unpaired) electrons. The van der Waals surface area contributed by atoms with E-state index < -0.39 is 17.5 Å². The van der Waals surface area contributed by atoms with E-state index in [1.54, 1.807) is 39.8 Å². The van der Waals surface area contributed by atoms with Crippen molar-refractivity contribution in [3.05, 3.63) is 29.6 Å². The molecular weight excluding hydrogens is 209 g/mol. The monoisotopic (exact) mass is 225 g/mol. The average molecular weight is 225 g/mol. The van der Waals surface area contributed by atoms with Crippen LogP contribution in [0, 0.1) is 12.7 Å². The van der Waals surface area contributed by atoms with Gasteiger partial charge in [-0.25, -0.2) is 9.18 Å². The first-order valence-corrected chi connectivity index (χ1v) is 5.05. The topological polar surface area (TPSA) is 38.3 Å². The maximum Gasteiger partial charge on any atom is 0.412 e. The van der Waals surface area contributed by atoms with Crippen molar-refractivity contribution >= 4 is 11.8 Å². The Morgan fingerprint density at radius 2 is 2.00 bits per heavy atom. The second kappa shape index (κ2) is 4.51. The number of hydrogen-bond acceptors (Lipinski definition) is 2. The van der Waals surface area contributed by atoms with Gasteiger partial charge in [0.05, 0.1) is 5.69 Å². The first-order valence-electron chi connectivity index (χ1n) is 5.05. The number of aryl methyl sites for hydroxylation is 1. The van der Waals surface area contributed by atoms with Crippen molar-refractivity contribution in [3.63, 3.8) is 0 Å². The molecule has 0 unspecified atom stereocenters. The van der Waals surface area contributed by atoms with Gasteiger partial charge >= 0.3 is 6.09 Å². The molecule has 0 saturated carbocycles.